The van der Waals surface area contributed by atoms with Gasteiger partial charge in [0.25, 0.3) is 0 Å². The lowest BCUT2D eigenvalue weighted by atomic mass is 10.2. The fourth-order valence-electron chi connectivity index (χ4n) is 1.13. The highest BCUT2D eigenvalue weighted by atomic mass is 14.7. The highest BCUT2D eigenvalue weighted by Crippen LogP contribution is 2.21. The molecule has 2 aromatic heterocycles. The number of anilines is 1. The van der Waals surface area contributed by atoms with Crippen molar-refractivity contribution >= 4 is 5.69 Å². The molecule has 0 amide bonds. The van der Waals surface area contributed by atoms with Crippen LogP contribution in [-0.4, -0.2) is 9.97 Å². The van der Waals surface area contributed by atoms with Gasteiger partial charge in [-0.1, -0.05) is 0 Å². The number of nitrogen functional groups attached to an aromatic ring is 1. The lowest BCUT2D eigenvalue weighted by Gasteiger charge is -2.00. The van der Waals surface area contributed by atoms with E-state index in [2.05, 4.69) is 9.97 Å². The van der Waals surface area contributed by atoms with E-state index in [1.165, 1.54) is 0 Å². The summed E-state index contributed by atoms with van der Waals surface area (Å²) >= 11 is 0. The lowest BCUT2D eigenvalue weighted by molar-refractivity contribution is 1.31. The van der Waals surface area contributed by atoms with Gasteiger partial charge in [-0.2, -0.15) is 0 Å². The molecule has 3 heteroatoms. The molecular weight excluding hydrogens is 150 g/mol. The van der Waals surface area contributed by atoms with Crippen molar-refractivity contribution < 1.29 is 0 Å². The molecule has 3 nitrogen and oxygen atoms in total. The minimum Gasteiger partial charge on any atom is -0.398 e. The van der Waals surface area contributed by atoms with Crippen LogP contribution in [0.25, 0.3) is 11.3 Å². The molecule has 0 spiro atoms. The molecule has 0 aliphatic rings. The zero-order valence-corrected chi connectivity index (χ0v) is 6.49. The topological polar surface area (TPSA) is 54.7 Å². The quantitative estimate of drug-likeness (QED) is 0.664. The molecule has 0 aromatic carbocycles. The summed E-state index contributed by atoms with van der Waals surface area (Å²) in [6, 6.07) is 5.69. The molecule has 60 valence electrons. The molecule has 0 bridgehead atoms. The zero-order chi connectivity index (χ0) is 8.39. The van der Waals surface area contributed by atoms with E-state index in [0.29, 0.717) is 0 Å². The molecule has 2 heterocycles. The maximum atomic E-state index is 5.75. The Labute approximate surface area is 70.3 Å². The highest BCUT2D eigenvalue weighted by Gasteiger charge is 2.00. The number of nitrogens with one attached hydrogen (secondary N) is 1. The summed E-state index contributed by atoms with van der Waals surface area (Å²) in [5, 5.41) is 0. The average molecular weight is 159 g/mol. The third kappa shape index (κ3) is 1.05. The molecule has 0 radical (unpaired) electrons. The van der Waals surface area contributed by atoms with Crippen LogP contribution in [-0.2, 0) is 0 Å². The maximum absolute atomic E-state index is 5.75. The van der Waals surface area contributed by atoms with Crippen LogP contribution >= 0.6 is 0 Å². The largest absolute Gasteiger partial charge is 0.398 e. The van der Waals surface area contributed by atoms with Gasteiger partial charge < -0.3 is 10.7 Å². The van der Waals surface area contributed by atoms with Crippen LogP contribution in [0.4, 0.5) is 5.69 Å². The van der Waals surface area contributed by atoms with Gasteiger partial charge in [0, 0.05) is 35.5 Å². The van der Waals surface area contributed by atoms with Crippen molar-refractivity contribution in [1.82, 2.24) is 9.97 Å². The third-order valence-corrected chi connectivity index (χ3v) is 1.74. The summed E-state index contributed by atoms with van der Waals surface area (Å²) in [4.78, 5) is 7.08. The Kier molecular flexibility index (Phi) is 1.55. The van der Waals surface area contributed by atoms with E-state index < -0.39 is 0 Å². The Bertz CT molecular complexity index is 365. The summed E-state index contributed by atoms with van der Waals surface area (Å²) in [6.07, 6.45) is 5.30. The van der Waals surface area contributed by atoms with Crippen molar-refractivity contribution in [3.8, 4) is 11.3 Å². The van der Waals surface area contributed by atoms with Gasteiger partial charge in [0.05, 0.1) is 0 Å². The molecule has 0 unspecified atom stereocenters. The molecule has 0 atom stereocenters. The van der Waals surface area contributed by atoms with Crippen LogP contribution in [0.5, 0.6) is 0 Å². The number of nitrogens with zero attached hydrogens (tertiary/aromatic N) is 1. The third-order valence-electron chi connectivity index (χ3n) is 1.74. The summed E-state index contributed by atoms with van der Waals surface area (Å²) in [7, 11) is 0. The predicted molar refractivity (Wildman–Crippen MR) is 48.4 cm³/mol. The van der Waals surface area contributed by atoms with Crippen molar-refractivity contribution in [1.29, 1.82) is 0 Å². The number of hydrogen-bond donors (Lipinski definition) is 2. The molecule has 0 aliphatic heterocycles. The number of aromatic nitrogens is 2. The van der Waals surface area contributed by atoms with Crippen LogP contribution < -0.4 is 5.73 Å². The van der Waals surface area contributed by atoms with Crippen LogP contribution in [0.2, 0.25) is 0 Å². The van der Waals surface area contributed by atoms with Crippen LogP contribution in [0, 0.1) is 0 Å². The smallest absolute Gasteiger partial charge is 0.0490 e. The first-order valence-electron chi connectivity index (χ1n) is 3.71. The normalized spacial score (nSPS) is 10.0. The van der Waals surface area contributed by atoms with E-state index >= 15 is 0 Å². The van der Waals surface area contributed by atoms with Gasteiger partial charge in [-0.25, -0.2) is 0 Å². The standard InChI is InChI=1S/C9H9N3/c10-8-3-5-11-6-7(8)9-2-1-4-12-9/h1-6,12H,(H2,10,11). The van der Waals surface area contributed by atoms with Gasteiger partial charge in [0.1, 0.15) is 0 Å². The van der Waals surface area contributed by atoms with Crippen molar-refractivity contribution in [2.75, 3.05) is 5.73 Å². The molecule has 12 heavy (non-hydrogen) atoms. The lowest BCUT2D eigenvalue weighted by Crippen LogP contribution is -1.90. The first-order valence-corrected chi connectivity index (χ1v) is 3.71. The number of pyridine rings is 1. The predicted octanol–water partition coefficient (Wildman–Crippen LogP) is 1.66. The summed E-state index contributed by atoms with van der Waals surface area (Å²) < 4.78 is 0. The first-order chi connectivity index (χ1) is 5.88. The van der Waals surface area contributed by atoms with Crippen molar-refractivity contribution in [2.45, 2.75) is 0 Å². The molecule has 0 saturated carbocycles. The molecule has 2 aromatic rings. The molecule has 0 fully saturated rings. The number of hydrogen-bond acceptors (Lipinski definition) is 2. The van der Waals surface area contributed by atoms with Crippen LogP contribution in [0.1, 0.15) is 0 Å². The van der Waals surface area contributed by atoms with Crippen molar-refractivity contribution in [3.05, 3.63) is 36.8 Å². The molecule has 0 saturated heterocycles. The number of rotatable bonds is 1. The minimum atomic E-state index is 0.743. The second-order valence-electron chi connectivity index (χ2n) is 2.55. The first kappa shape index (κ1) is 6.91. The van der Waals surface area contributed by atoms with E-state index in [-0.39, 0.29) is 0 Å². The van der Waals surface area contributed by atoms with E-state index in [0.717, 1.165) is 16.9 Å². The van der Waals surface area contributed by atoms with Crippen LogP contribution in [0.3, 0.4) is 0 Å². The van der Waals surface area contributed by atoms with E-state index in [1.54, 1.807) is 18.5 Å². The molecule has 0 aliphatic carbocycles. The minimum absolute atomic E-state index is 0.743. The Hall–Kier alpha value is -1.77. The number of aromatic amines is 1. The number of nitrogens with two attached hydrogens (primary N) is 1. The summed E-state index contributed by atoms with van der Waals surface area (Å²) in [5.74, 6) is 0. The van der Waals surface area contributed by atoms with E-state index in [4.69, 9.17) is 5.73 Å². The fourth-order valence-corrected chi connectivity index (χ4v) is 1.13. The van der Waals surface area contributed by atoms with Gasteiger partial charge in [-0.3, -0.25) is 4.98 Å². The number of H-pyrrole nitrogens is 1. The van der Waals surface area contributed by atoms with Crippen molar-refractivity contribution in [2.24, 2.45) is 0 Å². The second-order valence-corrected chi connectivity index (χ2v) is 2.55. The fraction of sp³-hybridized carbons (Fsp3) is 0. The summed E-state index contributed by atoms with van der Waals surface area (Å²) in [6.45, 7) is 0. The SMILES string of the molecule is Nc1ccncc1-c1ccc[nH]1. The van der Waals surface area contributed by atoms with Gasteiger partial charge >= 0.3 is 0 Å². The second kappa shape index (κ2) is 2.70. The summed E-state index contributed by atoms with van der Waals surface area (Å²) in [5.41, 5.74) is 8.44. The van der Waals surface area contributed by atoms with Crippen LogP contribution in [0.15, 0.2) is 36.8 Å². The van der Waals surface area contributed by atoms with Gasteiger partial charge in [0.15, 0.2) is 0 Å². The Balaban J connectivity index is 2.55. The molecular formula is C9H9N3. The Morgan fingerprint density at radius 2 is 2.25 bits per heavy atom. The Morgan fingerprint density at radius 1 is 1.33 bits per heavy atom. The highest BCUT2D eigenvalue weighted by molar-refractivity contribution is 5.72. The Morgan fingerprint density at radius 3 is 2.92 bits per heavy atom. The van der Waals surface area contributed by atoms with Crippen molar-refractivity contribution in [3.63, 3.8) is 0 Å². The zero-order valence-electron chi connectivity index (χ0n) is 6.49. The molecule has 3 N–H and O–H groups in total. The van der Waals surface area contributed by atoms with Gasteiger partial charge in [0.2, 0.25) is 0 Å². The van der Waals surface area contributed by atoms with E-state index in [1.807, 2.05) is 18.3 Å². The average Bonchev–Trinajstić information content (AvgIpc) is 2.57. The monoisotopic (exact) mass is 159 g/mol. The maximum Gasteiger partial charge on any atom is 0.0490 e. The van der Waals surface area contributed by atoms with E-state index in [9.17, 15) is 0 Å². The molecule has 2 rings (SSSR count). The van der Waals surface area contributed by atoms with Gasteiger partial charge in [-0.05, 0) is 18.2 Å². The van der Waals surface area contributed by atoms with Gasteiger partial charge in [-0.15, -0.1) is 0 Å².